The van der Waals surface area contributed by atoms with Gasteiger partial charge in [0.2, 0.25) is 0 Å². The standard InChI is InChI=1S/C18H27BrN2O2/c1-3-23-17-15(19)10-14(11-16(17)22-2)12-21-9-6-18(13-21)4-7-20-8-5-18/h10-11,20H,3-9,12-13H2,1-2H3. The summed E-state index contributed by atoms with van der Waals surface area (Å²) in [4.78, 5) is 2.59. The van der Waals surface area contributed by atoms with E-state index in [1.807, 2.05) is 6.92 Å². The maximum absolute atomic E-state index is 5.68. The largest absolute Gasteiger partial charge is 0.493 e. The molecule has 2 fully saturated rings. The lowest BCUT2D eigenvalue weighted by Gasteiger charge is -2.34. The van der Waals surface area contributed by atoms with Crippen molar-refractivity contribution in [3.05, 3.63) is 22.2 Å². The van der Waals surface area contributed by atoms with E-state index in [2.05, 4.69) is 38.3 Å². The Kier molecular flexibility index (Phi) is 5.49. The number of halogens is 1. The lowest BCUT2D eigenvalue weighted by Crippen LogP contribution is -2.38. The fourth-order valence-corrected chi connectivity index (χ4v) is 4.54. The zero-order valence-corrected chi connectivity index (χ0v) is 15.7. The highest BCUT2D eigenvalue weighted by Crippen LogP contribution is 2.40. The predicted molar refractivity (Wildman–Crippen MR) is 96.3 cm³/mol. The van der Waals surface area contributed by atoms with Crippen LogP contribution in [0.25, 0.3) is 0 Å². The summed E-state index contributed by atoms with van der Waals surface area (Å²) in [6.07, 6.45) is 3.98. The smallest absolute Gasteiger partial charge is 0.175 e. The van der Waals surface area contributed by atoms with Crippen molar-refractivity contribution in [1.29, 1.82) is 0 Å². The number of likely N-dealkylation sites (tertiary alicyclic amines) is 1. The Bertz CT molecular complexity index is 544. The van der Waals surface area contributed by atoms with Gasteiger partial charge in [-0.1, -0.05) is 0 Å². The van der Waals surface area contributed by atoms with E-state index in [0.29, 0.717) is 12.0 Å². The van der Waals surface area contributed by atoms with E-state index in [1.165, 1.54) is 51.0 Å². The fraction of sp³-hybridized carbons (Fsp3) is 0.667. The van der Waals surface area contributed by atoms with Crippen LogP contribution in [0.3, 0.4) is 0 Å². The first-order chi connectivity index (χ1) is 11.2. The lowest BCUT2D eigenvalue weighted by atomic mass is 9.78. The maximum atomic E-state index is 5.68. The Hall–Kier alpha value is -0.780. The monoisotopic (exact) mass is 382 g/mol. The average Bonchev–Trinajstić information content (AvgIpc) is 2.92. The second kappa shape index (κ2) is 7.41. The number of nitrogens with one attached hydrogen (secondary N) is 1. The van der Waals surface area contributed by atoms with Crippen LogP contribution < -0.4 is 14.8 Å². The third-order valence-corrected chi connectivity index (χ3v) is 5.75. The number of benzene rings is 1. The molecule has 0 aliphatic carbocycles. The minimum atomic E-state index is 0.553. The van der Waals surface area contributed by atoms with Crippen molar-refractivity contribution in [2.45, 2.75) is 32.7 Å². The average molecular weight is 383 g/mol. The SMILES string of the molecule is CCOc1c(Br)cc(CN2CCC3(CCNCC3)C2)cc1OC. The summed E-state index contributed by atoms with van der Waals surface area (Å²) in [5.74, 6) is 1.61. The van der Waals surface area contributed by atoms with Gasteiger partial charge in [0.25, 0.3) is 0 Å². The van der Waals surface area contributed by atoms with Gasteiger partial charge in [0.05, 0.1) is 18.2 Å². The molecule has 1 N–H and O–H groups in total. The molecule has 4 nitrogen and oxygen atoms in total. The molecule has 0 radical (unpaired) electrons. The van der Waals surface area contributed by atoms with Crippen LogP contribution in [0.15, 0.2) is 16.6 Å². The Balaban J connectivity index is 1.69. The van der Waals surface area contributed by atoms with Crippen LogP contribution in [0.5, 0.6) is 11.5 Å². The summed E-state index contributed by atoms with van der Waals surface area (Å²) in [5.41, 5.74) is 1.83. The predicted octanol–water partition coefficient (Wildman–Crippen LogP) is 3.43. The van der Waals surface area contributed by atoms with Crippen molar-refractivity contribution >= 4 is 15.9 Å². The van der Waals surface area contributed by atoms with E-state index >= 15 is 0 Å². The summed E-state index contributed by atoms with van der Waals surface area (Å²) >= 11 is 3.63. The highest BCUT2D eigenvalue weighted by molar-refractivity contribution is 9.10. The van der Waals surface area contributed by atoms with Crippen LogP contribution in [-0.2, 0) is 6.54 Å². The van der Waals surface area contributed by atoms with Gasteiger partial charge in [-0.2, -0.15) is 0 Å². The molecule has 1 spiro atoms. The summed E-state index contributed by atoms with van der Waals surface area (Å²) in [5, 5.41) is 3.49. The van der Waals surface area contributed by atoms with Crippen LogP contribution in [0, 0.1) is 5.41 Å². The topological polar surface area (TPSA) is 33.7 Å². The number of rotatable bonds is 5. The van der Waals surface area contributed by atoms with Gasteiger partial charge in [-0.05, 0) is 84.9 Å². The molecule has 0 atom stereocenters. The maximum Gasteiger partial charge on any atom is 0.175 e. The summed E-state index contributed by atoms with van der Waals surface area (Å²) < 4.78 is 12.2. The van der Waals surface area contributed by atoms with Gasteiger partial charge in [-0.15, -0.1) is 0 Å². The van der Waals surface area contributed by atoms with Crippen molar-refractivity contribution in [1.82, 2.24) is 10.2 Å². The number of piperidine rings is 1. The molecule has 128 valence electrons. The molecule has 0 amide bonds. The van der Waals surface area contributed by atoms with Gasteiger partial charge >= 0.3 is 0 Å². The molecular formula is C18H27BrN2O2. The van der Waals surface area contributed by atoms with Gasteiger partial charge in [0.15, 0.2) is 11.5 Å². The minimum absolute atomic E-state index is 0.553. The van der Waals surface area contributed by atoms with Crippen LogP contribution >= 0.6 is 15.9 Å². The van der Waals surface area contributed by atoms with E-state index < -0.39 is 0 Å². The fourth-order valence-electron chi connectivity index (χ4n) is 3.94. The third-order valence-electron chi connectivity index (χ3n) is 5.17. The number of ether oxygens (including phenoxy) is 2. The molecule has 0 unspecified atom stereocenters. The Morgan fingerprint density at radius 2 is 2.04 bits per heavy atom. The van der Waals surface area contributed by atoms with Crippen molar-refractivity contribution in [2.24, 2.45) is 5.41 Å². The highest BCUT2D eigenvalue weighted by atomic mass is 79.9. The van der Waals surface area contributed by atoms with Crippen molar-refractivity contribution in [3.8, 4) is 11.5 Å². The van der Waals surface area contributed by atoms with Crippen LogP contribution in [-0.4, -0.2) is 44.8 Å². The molecule has 2 aliphatic rings. The van der Waals surface area contributed by atoms with Gasteiger partial charge in [0, 0.05) is 13.1 Å². The molecule has 0 bridgehead atoms. The Morgan fingerprint density at radius 3 is 2.74 bits per heavy atom. The Morgan fingerprint density at radius 1 is 1.26 bits per heavy atom. The van der Waals surface area contributed by atoms with Crippen LogP contribution in [0.4, 0.5) is 0 Å². The number of hydrogen-bond acceptors (Lipinski definition) is 4. The van der Waals surface area contributed by atoms with Gasteiger partial charge < -0.3 is 14.8 Å². The summed E-state index contributed by atoms with van der Waals surface area (Å²) in [6, 6.07) is 4.28. The molecule has 2 saturated heterocycles. The Labute approximate surface area is 147 Å². The molecule has 1 aromatic rings. The van der Waals surface area contributed by atoms with Crippen molar-refractivity contribution in [3.63, 3.8) is 0 Å². The minimum Gasteiger partial charge on any atom is -0.493 e. The zero-order valence-electron chi connectivity index (χ0n) is 14.2. The second-order valence-corrected chi connectivity index (χ2v) is 7.61. The molecule has 2 aliphatic heterocycles. The van der Waals surface area contributed by atoms with Gasteiger partial charge in [-0.25, -0.2) is 0 Å². The van der Waals surface area contributed by atoms with Gasteiger partial charge in [-0.3, -0.25) is 4.90 Å². The first-order valence-electron chi connectivity index (χ1n) is 8.58. The van der Waals surface area contributed by atoms with Crippen molar-refractivity contribution < 1.29 is 9.47 Å². The molecule has 1 aromatic carbocycles. The van der Waals surface area contributed by atoms with E-state index in [1.54, 1.807) is 7.11 Å². The third kappa shape index (κ3) is 3.83. The second-order valence-electron chi connectivity index (χ2n) is 6.75. The van der Waals surface area contributed by atoms with E-state index in [4.69, 9.17) is 9.47 Å². The summed E-state index contributed by atoms with van der Waals surface area (Å²) in [6.45, 7) is 8.39. The number of hydrogen-bond donors (Lipinski definition) is 1. The molecule has 3 rings (SSSR count). The zero-order chi connectivity index (χ0) is 16.3. The first-order valence-corrected chi connectivity index (χ1v) is 9.37. The molecule has 23 heavy (non-hydrogen) atoms. The normalized spacial score (nSPS) is 20.8. The molecule has 0 saturated carbocycles. The molecule has 0 aromatic heterocycles. The lowest BCUT2D eigenvalue weighted by molar-refractivity contribution is 0.194. The van der Waals surface area contributed by atoms with Crippen molar-refractivity contribution in [2.75, 3.05) is 39.9 Å². The highest BCUT2D eigenvalue weighted by Gasteiger charge is 2.38. The van der Waals surface area contributed by atoms with E-state index in [0.717, 1.165) is 22.5 Å². The van der Waals surface area contributed by atoms with Crippen LogP contribution in [0.2, 0.25) is 0 Å². The molecular weight excluding hydrogens is 356 g/mol. The number of nitrogens with zero attached hydrogens (tertiary/aromatic N) is 1. The summed E-state index contributed by atoms with van der Waals surface area (Å²) in [7, 11) is 1.70. The van der Waals surface area contributed by atoms with Gasteiger partial charge in [0.1, 0.15) is 0 Å². The molecule has 2 heterocycles. The van der Waals surface area contributed by atoms with Crippen LogP contribution in [0.1, 0.15) is 31.7 Å². The number of methoxy groups -OCH3 is 1. The molecule has 5 heteroatoms. The van der Waals surface area contributed by atoms with E-state index in [9.17, 15) is 0 Å². The first kappa shape index (κ1) is 17.1. The quantitative estimate of drug-likeness (QED) is 0.845. The van der Waals surface area contributed by atoms with E-state index in [-0.39, 0.29) is 0 Å².